The Hall–Kier alpha value is -2.23. The number of fused-ring (bicyclic) bond motifs is 2. The van der Waals surface area contributed by atoms with Gasteiger partial charge in [0, 0.05) is 30.6 Å². The van der Waals surface area contributed by atoms with Crippen LogP contribution in [0.5, 0.6) is 5.75 Å². The summed E-state index contributed by atoms with van der Waals surface area (Å²) in [6.07, 6.45) is 0.617. The van der Waals surface area contributed by atoms with Crippen molar-refractivity contribution >= 4 is 31.0 Å². The third kappa shape index (κ3) is 4.65. The van der Waals surface area contributed by atoms with E-state index in [1.54, 1.807) is 0 Å². The lowest BCUT2D eigenvalue weighted by Gasteiger charge is -2.45. The third-order valence-corrected chi connectivity index (χ3v) is 13.3. The summed E-state index contributed by atoms with van der Waals surface area (Å²) in [5, 5.41) is 6.31. The Kier molecular flexibility index (Phi) is 6.89. The lowest BCUT2D eigenvalue weighted by atomic mass is 9.87. The SMILES string of the molecule is CC(=O)N1N=C(c2cc(F)ccc2F)SC12c1ccccc1OCC2CCO[Si](C)(C)C(C)(C)C. The van der Waals surface area contributed by atoms with Crippen molar-refractivity contribution in [1.29, 1.82) is 0 Å². The summed E-state index contributed by atoms with van der Waals surface area (Å²) in [5.74, 6) is -0.961. The van der Waals surface area contributed by atoms with Crippen molar-refractivity contribution in [3.05, 3.63) is 65.2 Å². The van der Waals surface area contributed by atoms with Gasteiger partial charge in [0.1, 0.15) is 22.4 Å². The minimum Gasteiger partial charge on any atom is -0.493 e. The number of carbonyl (C=O) groups is 1. The summed E-state index contributed by atoms with van der Waals surface area (Å²) in [4.78, 5) is 12.0. The van der Waals surface area contributed by atoms with Crippen LogP contribution < -0.4 is 4.74 Å². The summed E-state index contributed by atoms with van der Waals surface area (Å²) >= 11 is 1.28. The van der Waals surface area contributed by atoms with Crippen LogP contribution in [0.15, 0.2) is 47.6 Å². The van der Waals surface area contributed by atoms with Gasteiger partial charge in [-0.2, -0.15) is 5.10 Å². The Balaban J connectivity index is 1.74. The predicted molar refractivity (Wildman–Crippen MR) is 138 cm³/mol. The summed E-state index contributed by atoms with van der Waals surface area (Å²) < 4.78 is 41.3. The average Bonchev–Trinajstić information content (AvgIpc) is 3.17. The molecule has 35 heavy (non-hydrogen) atoms. The monoisotopic (exact) mass is 518 g/mol. The first-order valence-electron chi connectivity index (χ1n) is 11.8. The fourth-order valence-electron chi connectivity index (χ4n) is 4.24. The number of hydrazone groups is 1. The smallest absolute Gasteiger partial charge is 0.241 e. The van der Waals surface area contributed by atoms with Gasteiger partial charge in [0.25, 0.3) is 0 Å². The van der Waals surface area contributed by atoms with Crippen molar-refractivity contribution in [2.24, 2.45) is 11.0 Å². The molecule has 2 unspecified atom stereocenters. The molecule has 188 valence electrons. The number of para-hydroxylation sites is 1. The predicted octanol–water partition coefficient (Wildman–Crippen LogP) is 6.50. The van der Waals surface area contributed by atoms with E-state index in [0.717, 1.165) is 23.8 Å². The highest BCUT2D eigenvalue weighted by Crippen LogP contribution is 2.57. The van der Waals surface area contributed by atoms with E-state index < -0.39 is 24.8 Å². The Labute approximate surface area is 211 Å². The molecule has 9 heteroatoms. The molecule has 2 aromatic carbocycles. The topological polar surface area (TPSA) is 51.1 Å². The van der Waals surface area contributed by atoms with Crippen molar-refractivity contribution in [2.75, 3.05) is 13.2 Å². The van der Waals surface area contributed by atoms with E-state index in [-0.39, 0.29) is 27.5 Å². The summed E-state index contributed by atoms with van der Waals surface area (Å²) in [7, 11) is -1.98. The second kappa shape index (κ2) is 9.33. The zero-order valence-electron chi connectivity index (χ0n) is 21.0. The molecule has 2 heterocycles. The summed E-state index contributed by atoms with van der Waals surface area (Å²) in [6, 6.07) is 10.8. The van der Waals surface area contributed by atoms with Crippen LogP contribution in [0.3, 0.4) is 0 Å². The van der Waals surface area contributed by atoms with Gasteiger partial charge in [-0.1, -0.05) is 50.7 Å². The number of hydrogen-bond donors (Lipinski definition) is 0. The van der Waals surface area contributed by atoms with Gasteiger partial charge in [-0.25, -0.2) is 13.8 Å². The van der Waals surface area contributed by atoms with Gasteiger partial charge in [0.05, 0.1) is 6.61 Å². The van der Waals surface area contributed by atoms with Crippen LogP contribution in [0.1, 0.15) is 45.2 Å². The highest BCUT2D eigenvalue weighted by atomic mass is 32.2. The molecule has 5 nitrogen and oxygen atoms in total. The second-order valence-electron chi connectivity index (χ2n) is 10.6. The van der Waals surface area contributed by atoms with Crippen molar-refractivity contribution < 1.29 is 22.7 Å². The summed E-state index contributed by atoms with van der Waals surface area (Å²) in [6.45, 7) is 13.3. The number of benzene rings is 2. The van der Waals surface area contributed by atoms with Gasteiger partial charge in [-0.3, -0.25) is 4.79 Å². The zero-order chi connectivity index (χ0) is 25.6. The van der Waals surface area contributed by atoms with E-state index in [9.17, 15) is 13.6 Å². The standard InChI is InChI=1S/C26H32F2N2O3SSi/c1-17(31)30-26(34-24(29-30)20-15-19(27)11-12-22(20)28)18(13-14-33-35(5,6)25(2,3)4)16-32-23-10-8-7-9-21(23)26/h7-12,15,18H,13-14,16H2,1-6H3. The first kappa shape index (κ1) is 25.8. The van der Waals surface area contributed by atoms with Crippen LogP contribution in [0.25, 0.3) is 0 Å². The number of ether oxygens (including phenoxy) is 1. The lowest BCUT2D eigenvalue weighted by molar-refractivity contribution is -0.135. The molecule has 1 spiro atoms. The van der Waals surface area contributed by atoms with Crippen molar-refractivity contribution in [3.8, 4) is 5.75 Å². The molecule has 2 aliphatic rings. The molecule has 0 bridgehead atoms. The van der Waals surface area contributed by atoms with Gasteiger partial charge in [0.2, 0.25) is 5.91 Å². The van der Waals surface area contributed by atoms with Crippen LogP contribution in [0.2, 0.25) is 18.1 Å². The maximum Gasteiger partial charge on any atom is 0.241 e. The first-order chi connectivity index (χ1) is 16.4. The molecule has 2 aromatic rings. The van der Waals surface area contributed by atoms with Gasteiger partial charge in [0.15, 0.2) is 13.2 Å². The van der Waals surface area contributed by atoms with E-state index in [0.29, 0.717) is 25.4 Å². The van der Waals surface area contributed by atoms with Gasteiger partial charge in [-0.05, 0) is 48.8 Å². The number of rotatable bonds is 5. The van der Waals surface area contributed by atoms with E-state index in [4.69, 9.17) is 9.16 Å². The maximum absolute atomic E-state index is 14.7. The van der Waals surface area contributed by atoms with Gasteiger partial charge < -0.3 is 9.16 Å². The molecule has 0 aromatic heterocycles. The van der Waals surface area contributed by atoms with E-state index in [2.05, 4.69) is 39.0 Å². The molecule has 2 atom stereocenters. The number of thioether (sulfide) groups is 1. The molecule has 0 saturated heterocycles. The number of halogens is 2. The molecule has 2 aliphatic heterocycles. The van der Waals surface area contributed by atoms with Crippen LogP contribution in [0.4, 0.5) is 8.78 Å². The molecule has 0 aliphatic carbocycles. The molecule has 4 rings (SSSR count). The lowest BCUT2D eigenvalue weighted by Crippen LogP contribution is -2.51. The number of nitrogens with zero attached hydrogens (tertiary/aromatic N) is 2. The molecule has 0 saturated carbocycles. The Morgan fingerprint density at radius 3 is 2.66 bits per heavy atom. The van der Waals surface area contributed by atoms with Crippen LogP contribution in [0, 0.1) is 17.6 Å². The molecule has 0 radical (unpaired) electrons. The van der Waals surface area contributed by atoms with Crippen molar-refractivity contribution in [3.63, 3.8) is 0 Å². The average molecular weight is 519 g/mol. The summed E-state index contributed by atoms with van der Waals surface area (Å²) in [5.41, 5.74) is 0.831. The quantitative estimate of drug-likeness (QED) is 0.424. The molecular formula is C26H32F2N2O3SSi. The highest BCUT2D eigenvalue weighted by molar-refractivity contribution is 8.15. The first-order valence-corrected chi connectivity index (χ1v) is 15.5. The second-order valence-corrected chi connectivity index (χ2v) is 16.6. The maximum atomic E-state index is 14.7. The van der Waals surface area contributed by atoms with E-state index >= 15 is 0 Å². The fourth-order valence-corrected chi connectivity index (χ4v) is 6.87. The number of amides is 1. The number of carbonyl (C=O) groups excluding carboxylic acids is 1. The van der Waals surface area contributed by atoms with Crippen LogP contribution >= 0.6 is 11.8 Å². The van der Waals surface area contributed by atoms with Crippen LogP contribution in [-0.2, 0) is 14.1 Å². The Morgan fingerprint density at radius 2 is 1.97 bits per heavy atom. The zero-order valence-corrected chi connectivity index (χ0v) is 22.8. The Bertz CT molecular complexity index is 1170. The minimum absolute atomic E-state index is 0.0402. The van der Waals surface area contributed by atoms with E-state index in [1.807, 2.05) is 24.3 Å². The van der Waals surface area contributed by atoms with Crippen molar-refractivity contribution in [2.45, 2.75) is 57.1 Å². The van der Waals surface area contributed by atoms with E-state index in [1.165, 1.54) is 23.7 Å². The largest absolute Gasteiger partial charge is 0.493 e. The van der Waals surface area contributed by atoms with Gasteiger partial charge in [-0.15, -0.1) is 0 Å². The Morgan fingerprint density at radius 1 is 1.26 bits per heavy atom. The number of hydrogen-bond acceptors (Lipinski definition) is 5. The molecular weight excluding hydrogens is 486 g/mol. The molecule has 0 N–H and O–H groups in total. The third-order valence-electron chi connectivity index (χ3n) is 7.22. The highest BCUT2D eigenvalue weighted by Gasteiger charge is 2.56. The fraction of sp³-hybridized carbons (Fsp3) is 0.462. The molecule has 0 fully saturated rings. The van der Waals surface area contributed by atoms with Crippen molar-refractivity contribution in [1.82, 2.24) is 5.01 Å². The van der Waals surface area contributed by atoms with Crippen LogP contribution in [-0.4, -0.2) is 37.5 Å². The normalized spacial score (nSPS) is 22.1. The molecule has 1 amide bonds. The minimum atomic E-state index is -1.98. The van der Waals surface area contributed by atoms with Gasteiger partial charge >= 0.3 is 0 Å².